The predicted molar refractivity (Wildman–Crippen MR) is 139 cm³/mol. The first-order valence-electron chi connectivity index (χ1n) is 11.5. The van der Waals surface area contributed by atoms with Crippen molar-refractivity contribution in [2.45, 2.75) is 32.0 Å². The van der Waals surface area contributed by atoms with Crippen molar-refractivity contribution >= 4 is 62.7 Å². The summed E-state index contributed by atoms with van der Waals surface area (Å²) in [5, 5.41) is 3.29. The molecular weight excluding hydrogens is 612 g/mol. The van der Waals surface area contributed by atoms with Crippen LogP contribution in [0, 0.1) is 0 Å². The molecule has 1 N–H and O–H groups in total. The zero-order valence-corrected chi connectivity index (χ0v) is 22.4. The van der Waals surface area contributed by atoms with Crippen LogP contribution in [0.15, 0.2) is 30.0 Å². The van der Waals surface area contributed by atoms with E-state index in [1.165, 1.54) is 6.07 Å². The summed E-state index contributed by atoms with van der Waals surface area (Å²) >= 11 is 8.62. The van der Waals surface area contributed by atoms with E-state index in [9.17, 15) is 22.8 Å². The van der Waals surface area contributed by atoms with Gasteiger partial charge in [0.15, 0.2) is 0 Å². The predicted octanol–water partition coefficient (Wildman–Crippen LogP) is 5.26. The zero-order chi connectivity index (χ0) is 26.0. The van der Waals surface area contributed by atoms with Gasteiger partial charge in [0.1, 0.15) is 5.70 Å². The lowest BCUT2D eigenvalue weighted by atomic mass is 10.0. The molecular formula is C24H25ClF3IN4O3. The quantitative estimate of drug-likeness (QED) is 0.275. The van der Waals surface area contributed by atoms with Crippen LogP contribution in [0.2, 0.25) is 5.02 Å². The normalized spacial score (nSPS) is 18.6. The number of carbonyl (C=O) groups is 2. The van der Waals surface area contributed by atoms with Crippen LogP contribution < -0.4 is 5.32 Å². The molecule has 1 fully saturated rings. The number of alkyl halides is 4. The van der Waals surface area contributed by atoms with Crippen LogP contribution in [-0.4, -0.2) is 76.2 Å². The third-order valence-electron chi connectivity index (χ3n) is 6.13. The number of carbonyl (C=O) groups excluding carboxylic acids is 2. The number of hydrogen-bond donors (Lipinski definition) is 1. The van der Waals surface area contributed by atoms with Gasteiger partial charge in [0.2, 0.25) is 0 Å². The van der Waals surface area contributed by atoms with Gasteiger partial charge < -0.3 is 19.9 Å². The smallest absolute Gasteiger partial charge is 0.431 e. The summed E-state index contributed by atoms with van der Waals surface area (Å²) in [7, 11) is 0. The fraction of sp³-hybridized carbons (Fsp3) is 0.458. The van der Waals surface area contributed by atoms with Gasteiger partial charge in [0.25, 0.3) is 5.91 Å². The Labute approximate surface area is 225 Å². The Morgan fingerprint density at radius 3 is 2.56 bits per heavy atom. The van der Waals surface area contributed by atoms with Crippen molar-refractivity contribution < 1.29 is 27.5 Å². The third kappa shape index (κ3) is 5.82. The van der Waals surface area contributed by atoms with Crippen molar-refractivity contribution in [3.63, 3.8) is 0 Å². The summed E-state index contributed by atoms with van der Waals surface area (Å²) in [5.74, 6) is -0.246. The van der Waals surface area contributed by atoms with Gasteiger partial charge in [-0.05, 0) is 38.0 Å². The molecule has 2 aliphatic heterocycles. The molecule has 1 saturated heterocycles. The minimum atomic E-state index is -4.54. The number of nitrogens with one attached hydrogen (secondary N) is 1. The lowest BCUT2D eigenvalue weighted by molar-refractivity contribution is -0.0956. The summed E-state index contributed by atoms with van der Waals surface area (Å²) in [5.41, 5.74) is 0.0717. The number of pyridine rings is 1. The molecule has 36 heavy (non-hydrogen) atoms. The van der Waals surface area contributed by atoms with Crippen LogP contribution in [0.4, 0.5) is 18.0 Å². The molecule has 0 aliphatic carbocycles. The van der Waals surface area contributed by atoms with Gasteiger partial charge in [0.05, 0.1) is 22.8 Å². The van der Waals surface area contributed by atoms with Crippen molar-refractivity contribution in [3.8, 4) is 0 Å². The first kappa shape index (κ1) is 26.8. The van der Waals surface area contributed by atoms with E-state index >= 15 is 0 Å². The number of ether oxygens (including phenoxy) is 1. The monoisotopic (exact) mass is 636 g/mol. The number of benzene rings is 1. The van der Waals surface area contributed by atoms with Crippen LogP contribution in [0.25, 0.3) is 16.5 Å². The maximum atomic E-state index is 13.6. The molecule has 1 atom stereocenters. The number of amides is 2. The van der Waals surface area contributed by atoms with E-state index < -0.39 is 11.9 Å². The summed E-state index contributed by atoms with van der Waals surface area (Å²) in [6, 6.07) is 5.88. The van der Waals surface area contributed by atoms with Gasteiger partial charge in [-0.3, -0.25) is 4.79 Å². The van der Waals surface area contributed by atoms with Crippen molar-refractivity contribution in [1.29, 1.82) is 0 Å². The number of piperazine rings is 1. The third-order valence-corrected chi connectivity index (χ3v) is 7.21. The maximum Gasteiger partial charge on any atom is 0.431 e. The van der Waals surface area contributed by atoms with E-state index in [1.54, 1.807) is 34.9 Å². The SMILES string of the molecule is C[C@@H]1CC(c2cc(Cl)c3ccc(C(=O)N4CCN(C(=O)OCCCI)CC4)cc3n2)=C(C(F)(F)F)N1. The first-order chi connectivity index (χ1) is 17.1. The van der Waals surface area contributed by atoms with Gasteiger partial charge in [-0.25, -0.2) is 9.78 Å². The average molecular weight is 637 g/mol. The van der Waals surface area contributed by atoms with E-state index in [0.29, 0.717) is 49.3 Å². The zero-order valence-electron chi connectivity index (χ0n) is 19.5. The topological polar surface area (TPSA) is 74.8 Å². The molecule has 0 radical (unpaired) electrons. The molecule has 1 aromatic carbocycles. The second kappa shape index (κ2) is 11.0. The van der Waals surface area contributed by atoms with Crippen LogP contribution in [0.5, 0.6) is 0 Å². The Morgan fingerprint density at radius 2 is 1.89 bits per heavy atom. The van der Waals surface area contributed by atoms with E-state index in [2.05, 4.69) is 32.9 Å². The Balaban J connectivity index is 1.53. The van der Waals surface area contributed by atoms with E-state index in [1.807, 2.05) is 0 Å². The number of nitrogens with zero attached hydrogens (tertiary/aromatic N) is 3. The van der Waals surface area contributed by atoms with Crippen molar-refractivity contribution in [1.82, 2.24) is 20.1 Å². The second-order valence-corrected chi connectivity index (χ2v) is 10.2. The highest BCUT2D eigenvalue weighted by molar-refractivity contribution is 14.1. The molecule has 12 heteroatoms. The lowest BCUT2D eigenvalue weighted by Gasteiger charge is -2.34. The first-order valence-corrected chi connectivity index (χ1v) is 13.4. The number of fused-ring (bicyclic) bond motifs is 1. The van der Waals surface area contributed by atoms with E-state index in [4.69, 9.17) is 16.3 Å². The Morgan fingerprint density at radius 1 is 1.19 bits per heavy atom. The molecule has 0 saturated carbocycles. The Kier molecular flexibility index (Phi) is 8.18. The van der Waals surface area contributed by atoms with Gasteiger partial charge >= 0.3 is 12.3 Å². The number of hydrogen-bond acceptors (Lipinski definition) is 5. The number of halogens is 5. The molecule has 2 aromatic rings. The van der Waals surface area contributed by atoms with Crippen LogP contribution in [-0.2, 0) is 4.74 Å². The van der Waals surface area contributed by atoms with Crippen LogP contribution >= 0.6 is 34.2 Å². The van der Waals surface area contributed by atoms with Crippen molar-refractivity contribution in [3.05, 3.63) is 46.2 Å². The fourth-order valence-electron chi connectivity index (χ4n) is 4.33. The fourth-order valence-corrected chi connectivity index (χ4v) is 4.91. The molecule has 0 unspecified atom stereocenters. The van der Waals surface area contributed by atoms with Crippen LogP contribution in [0.1, 0.15) is 35.8 Å². The number of aromatic nitrogens is 1. The Hall–Kier alpha value is -2.28. The summed E-state index contributed by atoms with van der Waals surface area (Å²) in [6.45, 7) is 3.44. The van der Waals surface area contributed by atoms with Crippen LogP contribution in [0.3, 0.4) is 0 Å². The Bertz CT molecular complexity index is 1200. The maximum absolute atomic E-state index is 13.6. The standard InChI is InChI=1S/C24H25ClF3IN4O3/c1-14-11-17(21(30-14)24(26,27)28)20-13-18(25)16-4-3-15(12-19(16)31-20)22(34)32-6-8-33(9-7-32)23(35)36-10-2-5-29/h3-4,12-14,30H,2,5-11H2,1H3/t14-/m1/s1. The highest BCUT2D eigenvalue weighted by Gasteiger charge is 2.41. The van der Waals surface area contributed by atoms with E-state index in [0.717, 1.165) is 10.8 Å². The molecule has 0 bridgehead atoms. The molecule has 0 spiro atoms. The van der Waals surface area contributed by atoms with Gasteiger partial charge in [0, 0.05) is 53.2 Å². The molecule has 2 aliphatic rings. The highest BCUT2D eigenvalue weighted by atomic mass is 127. The summed E-state index contributed by atoms with van der Waals surface area (Å²) in [4.78, 5) is 32.9. The van der Waals surface area contributed by atoms with Crippen molar-refractivity contribution in [2.75, 3.05) is 37.2 Å². The van der Waals surface area contributed by atoms with Gasteiger partial charge in [-0.15, -0.1) is 0 Å². The van der Waals surface area contributed by atoms with Gasteiger partial charge in [-0.1, -0.05) is 40.3 Å². The largest absolute Gasteiger partial charge is 0.449 e. The summed E-state index contributed by atoms with van der Waals surface area (Å²) < 4.78 is 46.8. The minimum Gasteiger partial charge on any atom is -0.449 e. The molecule has 194 valence electrons. The van der Waals surface area contributed by atoms with Gasteiger partial charge in [-0.2, -0.15) is 13.2 Å². The number of allylic oxidation sites excluding steroid dienone is 1. The molecule has 3 heterocycles. The minimum absolute atomic E-state index is 0.0528. The van der Waals surface area contributed by atoms with Crippen molar-refractivity contribution in [2.24, 2.45) is 0 Å². The second-order valence-electron chi connectivity index (χ2n) is 8.76. The molecule has 1 aromatic heterocycles. The average Bonchev–Trinajstić information content (AvgIpc) is 3.26. The summed E-state index contributed by atoms with van der Waals surface area (Å²) in [6.07, 6.45) is -3.97. The highest BCUT2D eigenvalue weighted by Crippen LogP contribution is 2.38. The lowest BCUT2D eigenvalue weighted by Crippen LogP contribution is -2.50. The number of rotatable bonds is 5. The van der Waals surface area contributed by atoms with E-state index in [-0.39, 0.29) is 40.8 Å². The molecule has 4 rings (SSSR count). The molecule has 2 amide bonds. The molecule has 7 nitrogen and oxygen atoms in total.